The van der Waals surface area contributed by atoms with Crippen LogP contribution in [-0.4, -0.2) is 125 Å². The highest BCUT2D eigenvalue weighted by atomic mass is 16.6. The van der Waals surface area contributed by atoms with Crippen LogP contribution in [0, 0.1) is 29.1 Å². The first-order valence-electron chi connectivity index (χ1n) is 16.6. The van der Waals surface area contributed by atoms with E-state index >= 15 is 0 Å². The van der Waals surface area contributed by atoms with Crippen molar-refractivity contribution >= 4 is 12.3 Å². The number of hydrogen-bond donors (Lipinski definition) is 5. The van der Waals surface area contributed by atoms with Crippen molar-refractivity contribution in [3.8, 4) is 0 Å². The van der Waals surface area contributed by atoms with Gasteiger partial charge in [-0.1, -0.05) is 34.6 Å². The Kier molecular flexibility index (Phi) is 14.1. The van der Waals surface area contributed by atoms with E-state index in [0.29, 0.717) is 45.7 Å². The highest BCUT2D eigenvalue weighted by molar-refractivity contribution is 5.68. The maximum atomic E-state index is 13.4. The second kappa shape index (κ2) is 16.0. The van der Waals surface area contributed by atoms with Crippen molar-refractivity contribution in [2.45, 2.75) is 124 Å². The van der Waals surface area contributed by atoms with Crippen LogP contribution in [0.25, 0.3) is 0 Å². The van der Waals surface area contributed by atoms with Gasteiger partial charge in [-0.2, -0.15) is 0 Å². The number of carbonyl (C=O) groups is 1. The molecule has 0 radical (unpaired) electrons. The van der Waals surface area contributed by atoms with E-state index in [0.717, 1.165) is 12.8 Å². The van der Waals surface area contributed by atoms with Gasteiger partial charge in [0.25, 0.3) is 0 Å². The molecule has 2 aliphatic rings. The predicted molar refractivity (Wildman–Crippen MR) is 177 cm³/mol. The molecule has 11 nitrogen and oxygen atoms in total. The Morgan fingerprint density at radius 1 is 1.09 bits per heavy atom. The molecule has 0 spiro atoms. The summed E-state index contributed by atoms with van der Waals surface area (Å²) in [6, 6.07) is -0.246. The maximum absolute atomic E-state index is 13.4. The Morgan fingerprint density at radius 3 is 2.16 bits per heavy atom. The summed E-state index contributed by atoms with van der Waals surface area (Å²) in [5.41, 5.74) is 5.06. The van der Waals surface area contributed by atoms with Crippen LogP contribution in [0.2, 0.25) is 0 Å². The number of carbonyl (C=O) groups excluding carboxylic acids is 1. The van der Waals surface area contributed by atoms with E-state index in [1.807, 2.05) is 39.5 Å². The van der Waals surface area contributed by atoms with Crippen LogP contribution in [0.15, 0.2) is 4.99 Å². The molecule has 258 valence electrons. The number of ether oxygens (including phenoxy) is 1. The summed E-state index contributed by atoms with van der Waals surface area (Å²) in [4.78, 5) is 23.9. The molecule has 0 aromatic carbocycles. The summed E-state index contributed by atoms with van der Waals surface area (Å²) in [6.45, 7) is 23.0. The SMILES string of the molecule is CNC(N)C(C=NCC(C)(C)C)C(O)N(CC(C)C)[C@H]1C[C@@H](C(O)N2CCC(C(C)(C)O)CC2)CN(C(=O)OC(C)(C)C)C1. The first kappa shape index (κ1) is 38.8. The molecular weight excluding hydrogens is 560 g/mol. The highest BCUT2D eigenvalue weighted by Crippen LogP contribution is 2.33. The zero-order valence-electron chi connectivity index (χ0n) is 29.6. The number of aliphatic hydroxyl groups is 3. The number of rotatable bonds is 12. The van der Waals surface area contributed by atoms with Gasteiger partial charge in [0.1, 0.15) is 18.1 Å². The van der Waals surface area contributed by atoms with Crippen LogP contribution in [0.3, 0.4) is 0 Å². The molecule has 0 bridgehead atoms. The third-order valence-corrected chi connectivity index (χ3v) is 8.76. The average molecular weight is 627 g/mol. The van der Waals surface area contributed by atoms with Crippen molar-refractivity contribution in [3.05, 3.63) is 0 Å². The van der Waals surface area contributed by atoms with Crippen molar-refractivity contribution in [2.24, 2.45) is 39.8 Å². The van der Waals surface area contributed by atoms with Crippen molar-refractivity contribution in [3.63, 3.8) is 0 Å². The lowest BCUT2D eigenvalue weighted by Crippen LogP contribution is -2.62. The lowest BCUT2D eigenvalue weighted by molar-refractivity contribution is -0.119. The van der Waals surface area contributed by atoms with Crippen molar-refractivity contribution < 1.29 is 24.9 Å². The zero-order valence-corrected chi connectivity index (χ0v) is 29.6. The van der Waals surface area contributed by atoms with Crippen LogP contribution in [0.1, 0.15) is 88.5 Å². The average Bonchev–Trinajstić information content (AvgIpc) is 2.90. The number of hydrogen-bond acceptors (Lipinski definition) is 10. The molecule has 1 amide bonds. The van der Waals surface area contributed by atoms with E-state index in [2.05, 4.69) is 49.8 Å². The minimum absolute atomic E-state index is 0.00456. The van der Waals surface area contributed by atoms with E-state index in [-0.39, 0.29) is 29.2 Å². The Morgan fingerprint density at radius 2 is 1.68 bits per heavy atom. The molecule has 2 rings (SSSR count). The molecule has 6 atom stereocenters. The summed E-state index contributed by atoms with van der Waals surface area (Å²) < 4.78 is 5.79. The van der Waals surface area contributed by atoms with Crippen LogP contribution >= 0.6 is 0 Å². The first-order chi connectivity index (χ1) is 20.1. The van der Waals surface area contributed by atoms with Crippen molar-refractivity contribution in [1.82, 2.24) is 20.0 Å². The minimum atomic E-state index is -0.965. The number of amides is 1. The normalized spacial score (nSPS) is 24.6. The molecule has 2 heterocycles. The van der Waals surface area contributed by atoms with E-state index in [9.17, 15) is 20.1 Å². The summed E-state index contributed by atoms with van der Waals surface area (Å²) in [5, 5.41) is 37.3. The molecular formula is C33H66N6O5. The zero-order chi connectivity index (χ0) is 33.6. The van der Waals surface area contributed by atoms with Gasteiger partial charge in [0, 0.05) is 57.4 Å². The van der Waals surface area contributed by atoms with Gasteiger partial charge in [-0.3, -0.25) is 14.8 Å². The molecule has 2 saturated heterocycles. The molecule has 0 aromatic heterocycles. The number of nitrogens with one attached hydrogen (secondary N) is 1. The Balaban J connectivity index is 2.41. The Labute approximate surface area is 267 Å². The summed E-state index contributed by atoms with van der Waals surface area (Å²) in [6.07, 6.45) is 1.26. The quantitative estimate of drug-likeness (QED) is 0.163. The van der Waals surface area contributed by atoms with E-state index in [4.69, 9.17) is 10.5 Å². The van der Waals surface area contributed by atoms with E-state index in [1.54, 1.807) is 18.2 Å². The number of aliphatic imine (C=N–C) groups is 1. The molecule has 4 unspecified atom stereocenters. The lowest BCUT2D eigenvalue weighted by atomic mass is 9.82. The fraction of sp³-hybridized carbons (Fsp3) is 0.939. The third kappa shape index (κ3) is 12.1. The molecule has 44 heavy (non-hydrogen) atoms. The van der Waals surface area contributed by atoms with Crippen molar-refractivity contribution in [1.29, 1.82) is 0 Å². The van der Waals surface area contributed by atoms with Crippen LogP contribution in [0.5, 0.6) is 0 Å². The van der Waals surface area contributed by atoms with Gasteiger partial charge in [0.2, 0.25) is 0 Å². The van der Waals surface area contributed by atoms with Gasteiger partial charge in [-0.15, -0.1) is 0 Å². The largest absolute Gasteiger partial charge is 0.444 e. The standard InChI is InChI=1S/C33H66N6O5/c1-22(2)18-39(29(41)26(27(34)35-11)17-36-21-31(3,4)5)25-16-23(19-38(20-25)30(42)44-32(6,7)8)28(40)37-14-12-24(13-15-37)33(9,10)43/h17,22-29,35,40-41,43H,12-16,18-21,34H2,1-11H3/t23-,25+,26?,27?,28?,29?/m1/s1. The van der Waals surface area contributed by atoms with Gasteiger partial charge in [-0.05, 0) is 78.2 Å². The maximum Gasteiger partial charge on any atom is 0.410 e. The van der Waals surface area contributed by atoms with Gasteiger partial charge in [-0.25, -0.2) is 4.79 Å². The molecule has 0 aromatic rings. The summed E-state index contributed by atoms with van der Waals surface area (Å²) in [5.74, 6) is -0.355. The smallest absolute Gasteiger partial charge is 0.410 e. The molecule has 6 N–H and O–H groups in total. The molecule has 0 saturated carbocycles. The molecule has 11 heteroatoms. The van der Waals surface area contributed by atoms with Crippen LogP contribution in [0.4, 0.5) is 4.79 Å². The second-order valence-electron chi connectivity index (χ2n) is 16.4. The fourth-order valence-corrected chi connectivity index (χ4v) is 6.32. The molecule has 2 fully saturated rings. The Bertz CT molecular complexity index is 904. The number of piperidine rings is 2. The van der Waals surface area contributed by atoms with Gasteiger partial charge in [0.05, 0.1) is 17.7 Å². The van der Waals surface area contributed by atoms with Crippen molar-refractivity contribution in [2.75, 3.05) is 46.3 Å². The van der Waals surface area contributed by atoms with Gasteiger partial charge < -0.3 is 36.0 Å². The van der Waals surface area contributed by atoms with E-state index < -0.39 is 41.8 Å². The first-order valence-corrected chi connectivity index (χ1v) is 16.6. The van der Waals surface area contributed by atoms with E-state index in [1.165, 1.54) is 0 Å². The molecule has 2 aliphatic heterocycles. The van der Waals surface area contributed by atoms with Crippen LogP contribution in [-0.2, 0) is 4.74 Å². The lowest BCUT2D eigenvalue weighted by Gasteiger charge is -2.49. The fourth-order valence-electron chi connectivity index (χ4n) is 6.32. The number of aliphatic hydroxyl groups excluding tert-OH is 2. The predicted octanol–water partition coefficient (Wildman–Crippen LogP) is 2.93. The monoisotopic (exact) mass is 627 g/mol. The third-order valence-electron chi connectivity index (χ3n) is 8.76. The molecule has 0 aliphatic carbocycles. The topological polar surface area (TPSA) is 147 Å². The Hall–Kier alpha value is -1.34. The van der Waals surface area contributed by atoms with Gasteiger partial charge >= 0.3 is 6.09 Å². The van der Waals surface area contributed by atoms with Crippen LogP contribution < -0.4 is 11.1 Å². The second-order valence-corrected chi connectivity index (χ2v) is 16.4. The number of likely N-dealkylation sites (tertiary alicyclic amines) is 2. The highest BCUT2D eigenvalue weighted by Gasteiger charge is 2.43. The number of nitrogens with zero attached hydrogens (tertiary/aromatic N) is 4. The minimum Gasteiger partial charge on any atom is -0.444 e. The van der Waals surface area contributed by atoms with Gasteiger partial charge in [0.15, 0.2) is 0 Å². The summed E-state index contributed by atoms with van der Waals surface area (Å²) in [7, 11) is 1.77. The number of nitrogens with two attached hydrogens (primary N) is 1. The summed E-state index contributed by atoms with van der Waals surface area (Å²) >= 11 is 0.